The molecule has 1 aromatic heterocycles. The summed E-state index contributed by atoms with van der Waals surface area (Å²) >= 11 is 6.07. The Balaban J connectivity index is 1.59. The first-order valence-electron chi connectivity index (χ1n) is 9.41. The van der Waals surface area contributed by atoms with Crippen molar-refractivity contribution in [1.29, 1.82) is 10.7 Å². The zero-order chi connectivity index (χ0) is 22.7. The molecule has 0 spiro atoms. The van der Waals surface area contributed by atoms with Crippen molar-refractivity contribution >= 4 is 55.9 Å². The molecule has 0 aliphatic carbocycles. The van der Waals surface area contributed by atoms with Gasteiger partial charge in [-0.1, -0.05) is 45.9 Å². The average molecular weight is 526 g/mol. The number of methoxy groups -OCH3 is 1. The van der Waals surface area contributed by atoms with Crippen LogP contribution in [0.1, 0.15) is 27.6 Å². The number of Topliss-reactive ketones (excluding diaryl/α,β-unsaturated/α-hetero) is 1. The molecule has 0 saturated carbocycles. The Morgan fingerprint density at radius 1 is 1.31 bits per heavy atom. The zero-order valence-corrected chi connectivity index (χ0v) is 20.0. The minimum atomic E-state index is -0.630. The van der Waals surface area contributed by atoms with Gasteiger partial charge in [0.05, 0.1) is 28.7 Å². The van der Waals surface area contributed by atoms with Gasteiger partial charge < -0.3 is 9.47 Å². The van der Waals surface area contributed by atoms with E-state index in [9.17, 15) is 10.1 Å². The van der Waals surface area contributed by atoms with Crippen LogP contribution in [-0.4, -0.2) is 22.9 Å². The van der Waals surface area contributed by atoms with E-state index in [0.717, 1.165) is 22.9 Å². The molecule has 1 fully saturated rings. The Morgan fingerprint density at radius 2 is 2.12 bits per heavy atom. The lowest BCUT2D eigenvalue weighted by Crippen LogP contribution is -2.11. The Labute approximate surface area is 201 Å². The summed E-state index contributed by atoms with van der Waals surface area (Å²) in [6, 6.07) is 13.0. The number of nitrogens with one attached hydrogen (secondary N) is 1. The third kappa shape index (κ3) is 4.48. The summed E-state index contributed by atoms with van der Waals surface area (Å²) < 4.78 is 12.1. The Hall–Kier alpha value is -2.93. The molecule has 1 N–H and O–H groups in total. The van der Waals surface area contributed by atoms with Gasteiger partial charge in [0.2, 0.25) is 0 Å². The van der Waals surface area contributed by atoms with Gasteiger partial charge in [0, 0.05) is 21.6 Å². The van der Waals surface area contributed by atoms with Gasteiger partial charge in [-0.05, 0) is 29.8 Å². The van der Waals surface area contributed by atoms with Gasteiger partial charge >= 0.3 is 0 Å². The largest absolute Gasteiger partial charge is 0.493 e. The van der Waals surface area contributed by atoms with E-state index < -0.39 is 5.92 Å². The fraction of sp³-hybridized carbons (Fsp3) is 0.130. The summed E-state index contributed by atoms with van der Waals surface area (Å²) in [4.78, 5) is 17.6. The quantitative estimate of drug-likeness (QED) is 0.409. The molecule has 6 nitrogen and oxygen atoms in total. The van der Waals surface area contributed by atoms with Gasteiger partial charge in [0.1, 0.15) is 17.5 Å². The number of aromatic nitrogens is 1. The van der Waals surface area contributed by atoms with Crippen LogP contribution in [0.25, 0.3) is 6.08 Å². The number of thioether (sulfide) groups is 1. The Morgan fingerprint density at radius 3 is 2.84 bits per heavy atom. The number of thiazole rings is 1. The summed E-state index contributed by atoms with van der Waals surface area (Å²) in [6.07, 6.45) is 3.39. The molecule has 1 saturated heterocycles. The smallest absolute Gasteiger partial charge is 0.186 e. The van der Waals surface area contributed by atoms with Crippen LogP contribution in [0.4, 0.5) is 0 Å². The van der Waals surface area contributed by atoms with Crippen molar-refractivity contribution in [2.45, 2.75) is 12.5 Å². The molecule has 2 aromatic carbocycles. The molecular formula is C23H16BrN3O3S2. The van der Waals surface area contributed by atoms with E-state index in [0.29, 0.717) is 31.4 Å². The van der Waals surface area contributed by atoms with Crippen LogP contribution in [0.3, 0.4) is 0 Å². The molecule has 4 rings (SSSR count). The Kier molecular flexibility index (Phi) is 6.74. The number of hydrogen-bond acceptors (Lipinski definition) is 8. The van der Waals surface area contributed by atoms with Gasteiger partial charge in [-0.3, -0.25) is 10.2 Å². The molecule has 0 unspecified atom stereocenters. The summed E-state index contributed by atoms with van der Waals surface area (Å²) in [5, 5.41) is 20.2. The highest BCUT2D eigenvalue weighted by atomic mass is 79.9. The third-order valence-corrected chi connectivity index (χ3v) is 7.30. The van der Waals surface area contributed by atoms with Crippen molar-refractivity contribution in [1.82, 2.24) is 4.98 Å². The molecule has 0 amide bonds. The molecule has 0 radical (unpaired) electrons. The van der Waals surface area contributed by atoms with Crippen LogP contribution in [0, 0.1) is 16.7 Å². The number of carbonyl (C=O) groups is 1. The fourth-order valence-electron chi connectivity index (χ4n) is 3.18. The average Bonchev–Trinajstić information content (AvgIpc) is 3.41. The lowest BCUT2D eigenvalue weighted by atomic mass is 10.0. The number of ketones is 1. The lowest BCUT2D eigenvalue weighted by molar-refractivity contribution is -0.114. The van der Waals surface area contributed by atoms with E-state index in [2.05, 4.69) is 27.0 Å². The Bertz CT molecular complexity index is 1270. The molecular weight excluding hydrogens is 510 g/mol. The van der Waals surface area contributed by atoms with Crippen LogP contribution in [0.2, 0.25) is 0 Å². The first-order chi connectivity index (χ1) is 15.5. The van der Waals surface area contributed by atoms with Crippen LogP contribution in [-0.2, 0) is 11.4 Å². The van der Waals surface area contributed by atoms with Gasteiger partial charge in [-0.15, -0.1) is 11.3 Å². The van der Waals surface area contributed by atoms with Gasteiger partial charge in [0.15, 0.2) is 17.3 Å². The normalized spacial score (nSPS) is 16.9. The van der Waals surface area contributed by atoms with E-state index in [1.807, 2.05) is 18.2 Å². The maximum Gasteiger partial charge on any atom is 0.186 e. The summed E-state index contributed by atoms with van der Waals surface area (Å²) in [5.41, 5.74) is 2.06. The van der Waals surface area contributed by atoms with E-state index in [4.69, 9.17) is 14.9 Å². The van der Waals surface area contributed by atoms with E-state index in [-0.39, 0.29) is 17.4 Å². The monoisotopic (exact) mass is 525 g/mol. The lowest BCUT2D eigenvalue weighted by Gasteiger charge is -2.13. The number of carbonyl (C=O) groups excluding carboxylic acids is 1. The topological polar surface area (TPSA) is 96.1 Å². The minimum Gasteiger partial charge on any atom is -0.493 e. The SMILES string of the molecule is COc1cc(/C=C2\SC(=N)[C@H](c3nccs3)C2=O)c(Br)cc1OCc1ccccc1C#N. The molecule has 32 heavy (non-hydrogen) atoms. The van der Waals surface area contributed by atoms with Crippen LogP contribution in [0.15, 0.2) is 57.4 Å². The number of ether oxygens (including phenoxy) is 2. The van der Waals surface area contributed by atoms with Gasteiger partial charge in [-0.2, -0.15) is 5.26 Å². The maximum atomic E-state index is 12.9. The second-order valence-electron chi connectivity index (χ2n) is 6.72. The maximum absolute atomic E-state index is 12.9. The van der Waals surface area contributed by atoms with Crippen molar-refractivity contribution in [2.75, 3.05) is 7.11 Å². The molecule has 1 aliphatic heterocycles. The number of hydrogen-bond donors (Lipinski definition) is 1. The molecule has 9 heteroatoms. The van der Waals surface area contributed by atoms with Crippen molar-refractivity contribution in [2.24, 2.45) is 0 Å². The second kappa shape index (κ2) is 9.69. The standard InChI is InChI=1S/C23H16BrN3O3S2/c1-29-17-8-15(9-19-21(28)20(22(26)32-19)23-27-6-7-31-23)16(24)10-18(17)30-12-14-5-3-2-4-13(14)11-25/h2-10,20,26H,12H2,1H3/b19-9-,26-22?/t20-/m1/s1. The van der Waals surface area contributed by atoms with E-state index in [1.54, 1.807) is 43.0 Å². The number of allylic oxidation sites excluding steroid dienone is 1. The summed E-state index contributed by atoms with van der Waals surface area (Å²) in [5.74, 6) is 0.244. The third-order valence-electron chi connectivity index (χ3n) is 4.78. The number of nitrogens with zero attached hydrogens (tertiary/aromatic N) is 2. The number of benzene rings is 2. The predicted octanol–water partition coefficient (Wildman–Crippen LogP) is 5.78. The predicted molar refractivity (Wildman–Crippen MR) is 129 cm³/mol. The molecule has 2 heterocycles. The number of halogens is 1. The highest BCUT2D eigenvalue weighted by Gasteiger charge is 2.38. The fourth-order valence-corrected chi connectivity index (χ4v) is 5.41. The minimum absolute atomic E-state index is 0.130. The van der Waals surface area contributed by atoms with Gasteiger partial charge in [-0.25, -0.2) is 4.98 Å². The molecule has 3 aromatic rings. The first-order valence-corrected chi connectivity index (χ1v) is 11.9. The molecule has 160 valence electrons. The number of rotatable bonds is 6. The van der Waals surface area contributed by atoms with Crippen molar-refractivity contribution in [3.05, 3.63) is 79.1 Å². The zero-order valence-electron chi connectivity index (χ0n) is 16.8. The van der Waals surface area contributed by atoms with E-state index >= 15 is 0 Å². The van der Waals surface area contributed by atoms with Crippen molar-refractivity contribution < 1.29 is 14.3 Å². The molecule has 1 aliphatic rings. The summed E-state index contributed by atoms with van der Waals surface area (Å²) in [7, 11) is 1.54. The van der Waals surface area contributed by atoms with Crippen LogP contribution in [0.5, 0.6) is 11.5 Å². The van der Waals surface area contributed by atoms with Crippen LogP contribution >= 0.6 is 39.0 Å². The van der Waals surface area contributed by atoms with Crippen molar-refractivity contribution in [3.8, 4) is 17.6 Å². The second-order valence-corrected chi connectivity index (χ2v) is 9.59. The highest BCUT2D eigenvalue weighted by molar-refractivity contribution is 9.10. The molecule has 1 atom stereocenters. The number of nitriles is 1. The van der Waals surface area contributed by atoms with Crippen molar-refractivity contribution in [3.63, 3.8) is 0 Å². The summed E-state index contributed by atoms with van der Waals surface area (Å²) in [6.45, 7) is 0.216. The van der Waals surface area contributed by atoms with Crippen LogP contribution < -0.4 is 9.47 Å². The van der Waals surface area contributed by atoms with Gasteiger partial charge in [0.25, 0.3) is 0 Å². The van der Waals surface area contributed by atoms with E-state index in [1.165, 1.54) is 11.3 Å². The molecule has 0 bridgehead atoms. The first kappa shape index (κ1) is 22.3. The highest BCUT2D eigenvalue weighted by Crippen LogP contribution is 2.43.